The van der Waals surface area contributed by atoms with Gasteiger partial charge in [0.15, 0.2) is 5.11 Å². The van der Waals surface area contributed by atoms with Gasteiger partial charge in [0.2, 0.25) is 0 Å². The number of H-pyrrole nitrogens is 1. The molecule has 3 rings (SSSR count). The molecular weight excluding hydrogens is 404 g/mol. The number of pyridine rings is 1. The molecule has 164 valence electrons. The normalized spacial score (nSPS) is 11.1. The van der Waals surface area contributed by atoms with Crippen molar-refractivity contribution in [3.8, 4) is 0 Å². The monoisotopic (exact) mass is 436 g/mol. The van der Waals surface area contributed by atoms with Gasteiger partial charge in [-0.3, -0.25) is 4.79 Å². The lowest BCUT2D eigenvalue weighted by Gasteiger charge is -2.27. The Morgan fingerprint density at radius 1 is 1.03 bits per heavy atom. The highest BCUT2D eigenvalue weighted by molar-refractivity contribution is 7.80. The van der Waals surface area contributed by atoms with Gasteiger partial charge in [0.05, 0.1) is 6.54 Å². The third kappa shape index (κ3) is 6.39. The van der Waals surface area contributed by atoms with Gasteiger partial charge in [0.1, 0.15) is 0 Å². The summed E-state index contributed by atoms with van der Waals surface area (Å²) in [4.78, 5) is 20.3. The van der Waals surface area contributed by atoms with Gasteiger partial charge in [-0.1, -0.05) is 44.2 Å². The smallest absolute Gasteiger partial charge is 0.253 e. The Morgan fingerprint density at radius 3 is 2.48 bits per heavy atom. The molecule has 0 spiro atoms. The number of rotatable bonds is 9. The Balaban J connectivity index is 1.80. The molecular formula is C25H32N4OS. The van der Waals surface area contributed by atoms with Crippen molar-refractivity contribution in [3.05, 3.63) is 76.1 Å². The predicted molar refractivity (Wildman–Crippen MR) is 135 cm³/mol. The lowest BCUT2D eigenvalue weighted by atomic mass is 10.1. The minimum atomic E-state index is -0.0608. The Morgan fingerprint density at radius 2 is 1.77 bits per heavy atom. The molecule has 0 radical (unpaired) electrons. The van der Waals surface area contributed by atoms with Gasteiger partial charge in [0.25, 0.3) is 5.56 Å². The molecule has 0 saturated heterocycles. The molecule has 31 heavy (non-hydrogen) atoms. The predicted octanol–water partition coefficient (Wildman–Crippen LogP) is 4.77. The number of fused-ring (bicyclic) bond motifs is 1. The van der Waals surface area contributed by atoms with Crippen LogP contribution in [-0.4, -0.2) is 46.1 Å². The fourth-order valence-corrected chi connectivity index (χ4v) is 3.96. The van der Waals surface area contributed by atoms with E-state index >= 15 is 0 Å². The van der Waals surface area contributed by atoms with Crippen molar-refractivity contribution in [2.24, 2.45) is 0 Å². The van der Waals surface area contributed by atoms with E-state index in [4.69, 9.17) is 12.2 Å². The molecule has 0 aliphatic heterocycles. The van der Waals surface area contributed by atoms with E-state index in [0.29, 0.717) is 11.7 Å². The summed E-state index contributed by atoms with van der Waals surface area (Å²) in [5.41, 5.74) is 3.60. The number of aromatic nitrogens is 1. The maximum absolute atomic E-state index is 12.8. The Hall–Kier alpha value is -2.70. The fraction of sp³-hybridized carbons (Fsp3) is 0.360. The van der Waals surface area contributed by atoms with Gasteiger partial charge >= 0.3 is 0 Å². The SMILES string of the molecule is CCN(CC)CCCN(Cc1cc2ccc(C)cc2[nH]c1=O)C(=S)Nc1ccccc1. The lowest BCUT2D eigenvalue weighted by Crippen LogP contribution is -2.38. The van der Waals surface area contributed by atoms with Gasteiger partial charge in [-0.05, 0) is 80.4 Å². The van der Waals surface area contributed by atoms with Crippen molar-refractivity contribution in [1.82, 2.24) is 14.8 Å². The number of aromatic amines is 1. The molecule has 0 unspecified atom stereocenters. The van der Waals surface area contributed by atoms with E-state index in [1.807, 2.05) is 49.4 Å². The number of nitrogens with one attached hydrogen (secondary N) is 2. The van der Waals surface area contributed by atoms with E-state index in [9.17, 15) is 4.79 Å². The fourth-order valence-electron chi connectivity index (χ4n) is 3.68. The van der Waals surface area contributed by atoms with Crippen LogP contribution in [0.15, 0.2) is 59.4 Å². The maximum Gasteiger partial charge on any atom is 0.253 e. The number of hydrogen-bond acceptors (Lipinski definition) is 3. The summed E-state index contributed by atoms with van der Waals surface area (Å²) >= 11 is 5.74. The van der Waals surface area contributed by atoms with Crippen LogP contribution < -0.4 is 10.9 Å². The molecule has 0 fully saturated rings. The maximum atomic E-state index is 12.8. The molecule has 0 saturated carbocycles. The molecule has 0 atom stereocenters. The first-order chi connectivity index (χ1) is 15.0. The number of nitrogens with zero attached hydrogens (tertiary/aromatic N) is 2. The first kappa shape index (κ1) is 23.0. The zero-order valence-electron chi connectivity index (χ0n) is 18.6. The second-order valence-corrected chi connectivity index (χ2v) is 8.20. The molecule has 0 aliphatic carbocycles. The van der Waals surface area contributed by atoms with E-state index in [-0.39, 0.29) is 5.56 Å². The highest BCUT2D eigenvalue weighted by Gasteiger charge is 2.14. The molecule has 0 bridgehead atoms. The number of anilines is 1. The summed E-state index contributed by atoms with van der Waals surface area (Å²) in [5, 5.41) is 4.99. The average Bonchev–Trinajstić information content (AvgIpc) is 2.77. The van der Waals surface area contributed by atoms with Crippen molar-refractivity contribution in [3.63, 3.8) is 0 Å². The molecule has 5 nitrogen and oxygen atoms in total. The molecule has 0 aliphatic rings. The van der Waals surface area contributed by atoms with Gasteiger partial charge in [-0.15, -0.1) is 0 Å². The van der Waals surface area contributed by atoms with Crippen molar-refractivity contribution >= 4 is 33.9 Å². The van der Waals surface area contributed by atoms with Gasteiger partial charge in [-0.2, -0.15) is 0 Å². The summed E-state index contributed by atoms with van der Waals surface area (Å²) in [6.45, 7) is 10.7. The summed E-state index contributed by atoms with van der Waals surface area (Å²) < 4.78 is 0. The van der Waals surface area contributed by atoms with Crippen LogP contribution in [0, 0.1) is 6.92 Å². The van der Waals surface area contributed by atoms with Crippen molar-refractivity contribution in [2.75, 3.05) is 31.5 Å². The number of para-hydroxylation sites is 1. The van der Waals surface area contributed by atoms with Crippen molar-refractivity contribution in [1.29, 1.82) is 0 Å². The zero-order valence-corrected chi connectivity index (χ0v) is 19.5. The standard InChI is InChI=1S/C25H32N4OS/c1-4-28(5-2)14-9-15-29(25(31)26-22-10-7-6-8-11-22)18-21-17-20-13-12-19(3)16-23(20)27-24(21)30/h6-8,10-13,16-17H,4-5,9,14-15,18H2,1-3H3,(H,26,31)(H,27,30). The topological polar surface area (TPSA) is 51.4 Å². The van der Waals surface area contributed by atoms with Crippen molar-refractivity contribution in [2.45, 2.75) is 33.7 Å². The highest BCUT2D eigenvalue weighted by Crippen LogP contribution is 2.15. The van der Waals surface area contributed by atoms with Crippen LogP contribution in [0.5, 0.6) is 0 Å². The van der Waals surface area contributed by atoms with Crippen LogP contribution in [0.2, 0.25) is 0 Å². The number of aryl methyl sites for hydroxylation is 1. The summed E-state index contributed by atoms with van der Waals surface area (Å²) in [5.74, 6) is 0. The van der Waals surface area contributed by atoms with Gasteiger partial charge in [-0.25, -0.2) is 0 Å². The van der Waals surface area contributed by atoms with Crippen LogP contribution in [0.4, 0.5) is 5.69 Å². The minimum Gasteiger partial charge on any atom is -0.344 e. The van der Waals surface area contributed by atoms with E-state index < -0.39 is 0 Å². The molecule has 3 aromatic rings. The molecule has 2 N–H and O–H groups in total. The van der Waals surface area contributed by atoms with Crippen LogP contribution in [0.25, 0.3) is 10.9 Å². The van der Waals surface area contributed by atoms with Crippen LogP contribution in [0.3, 0.4) is 0 Å². The van der Waals surface area contributed by atoms with E-state index in [1.54, 1.807) is 0 Å². The van der Waals surface area contributed by atoms with Crippen LogP contribution >= 0.6 is 12.2 Å². The quantitative estimate of drug-likeness (QED) is 0.473. The molecule has 1 heterocycles. The number of benzene rings is 2. The minimum absolute atomic E-state index is 0.0608. The summed E-state index contributed by atoms with van der Waals surface area (Å²) in [6, 6.07) is 18.0. The van der Waals surface area contributed by atoms with Crippen LogP contribution in [-0.2, 0) is 6.54 Å². The first-order valence-electron chi connectivity index (χ1n) is 11.0. The average molecular weight is 437 g/mol. The van der Waals surface area contributed by atoms with E-state index in [2.05, 4.69) is 46.1 Å². The highest BCUT2D eigenvalue weighted by atomic mass is 32.1. The lowest BCUT2D eigenvalue weighted by molar-refractivity contribution is 0.281. The second-order valence-electron chi connectivity index (χ2n) is 7.81. The van der Waals surface area contributed by atoms with Gasteiger partial charge < -0.3 is 20.1 Å². The molecule has 2 aromatic carbocycles. The summed E-state index contributed by atoms with van der Waals surface area (Å²) in [7, 11) is 0. The van der Waals surface area contributed by atoms with Crippen LogP contribution in [0.1, 0.15) is 31.4 Å². The molecule has 1 aromatic heterocycles. The molecule has 0 amide bonds. The third-order valence-corrected chi connectivity index (χ3v) is 5.91. The Kier molecular flexibility index (Phi) is 8.20. The largest absolute Gasteiger partial charge is 0.344 e. The second kappa shape index (κ2) is 11.1. The molecule has 6 heteroatoms. The summed E-state index contributed by atoms with van der Waals surface area (Å²) in [6.07, 6.45) is 0.975. The Bertz CT molecular complexity index is 1060. The van der Waals surface area contributed by atoms with Gasteiger partial charge in [0, 0.05) is 23.3 Å². The number of thiocarbonyl (C=S) groups is 1. The van der Waals surface area contributed by atoms with E-state index in [0.717, 1.165) is 60.3 Å². The zero-order chi connectivity index (χ0) is 22.2. The third-order valence-electron chi connectivity index (χ3n) is 5.55. The Labute approximate surface area is 190 Å². The first-order valence-corrected chi connectivity index (χ1v) is 11.4. The van der Waals surface area contributed by atoms with Crippen molar-refractivity contribution < 1.29 is 0 Å². The number of hydrogen-bond donors (Lipinski definition) is 2. The van der Waals surface area contributed by atoms with E-state index in [1.165, 1.54) is 0 Å².